The maximum absolute atomic E-state index is 3.67. The van der Waals surface area contributed by atoms with Gasteiger partial charge in [0.2, 0.25) is 0 Å². The van der Waals surface area contributed by atoms with Gasteiger partial charge in [-0.25, -0.2) is 0 Å². The molecule has 0 amide bonds. The van der Waals surface area contributed by atoms with Crippen molar-refractivity contribution in [1.82, 2.24) is 0 Å². The zero-order chi connectivity index (χ0) is 17.9. The largest absolute Gasteiger partial charge is 0.326 e. The predicted molar refractivity (Wildman–Crippen MR) is 112 cm³/mol. The molecule has 1 atom stereocenters. The third-order valence-electron chi connectivity index (χ3n) is 5.48. The molecule has 0 aliphatic rings. The smallest absolute Gasteiger partial charge is 0.0784 e. The Labute approximate surface area is 158 Å². The van der Waals surface area contributed by atoms with Crippen molar-refractivity contribution in [3.63, 3.8) is 0 Å². The molecule has 24 heavy (non-hydrogen) atoms. The van der Waals surface area contributed by atoms with Gasteiger partial charge in [-0.3, -0.25) is 0 Å². The van der Waals surface area contributed by atoms with E-state index in [0.717, 1.165) is 6.04 Å². The van der Waals surface area contributed by atoms with Crippen molar-refractivity contribution in [1.29, 1.82) is 0 Å². The molecule has 0 bridgehead atoms. The molecule has 2 heteroatoms. The highest BCUT2D eigenvalue weighted by molar-refractivity contribution is 6.08. The quantitative estimate of drug-likeness (QED) is 0.134. The van der Waals surface area contributed by atoms with Crippen molar-refractivity contribution in [2.24, 2.45) is 0 Å². The van der Waals surface area contributed by atoms with Gasteiger partial charge in [-0.1, -0.05) is 84.1 Å². The molecular weight excluding hydrogens is 306 g/mol. The topological polar surface area (TPSA) is 0 Å². The molecule has 0 aliphatic heterocycles. The summed E-state index contributed by atoms with van der Waals surface area (Å²) in [7, 11) is 6.18. The van der Waals surface area contributed by atoms with Crippen LogP contribution in [0, 0.1) is 0 Å². The summed E-state index contributed by atoms with van der Waals surface area (Å²) in [5.74, 6) is 0. The van der Waals surface area contributed by atoms with Crippen LogP contribution < -0.4 is 0 Å². The summed E-state index contributed by atoms with van der Waals surface area (Å²) in [6.07, 6.45) is 21.4. The molecule has 0 heterocycles. The van der Waals surface area contributed by atoms with Crippen LogP contribution in [-0.4, -0.2) is 41.4 Å². The molecule has 1 unspecified atom stereocenters. The Kier molecular flexibility index (Phi) is 18.1. The average Bonchev–Trinajstić information content (AvgIpc) is 2.58. The van der Waals surface area contributed by atoms with E-state index in [1.54, 1.807) is 0 Å². The summed E-state index contributed by atoms with van der Waals surface area (Å²) in [5, 5.41) is 0. The molecular formula is C22H47NSi+. The fraction of sp³-hybridized carbons (Fsp3) is 1.00. The van der Waals surface area contributed by atoms with Gasteiger partial charge in [0.15, 0.2) is 0 Å². The minimum Gasteiger partial charge on any atom is -0.326 e. The molecule has 0 spiro atoms. The molecule has 0 fully saturated rings. The minimum atomic E-state index is 1.15. The van der Waals surface area contributed by atoms with Gasteiger partial charge in [0.1, 0.15) is 0 Å². The van der Waals surface area contributed by atoms with Crippen molar-refractivity contribution < 1.29 is 4.48 Å². The van der Waals surface area contributed by atoms with Crippen molar-refractivity contribution in [2.75, 3.05) is 26.7 Å². The molecule has 0 aliphatic carbocycles. The van der Waals surface area contributed by atoms with Crippen molar-refractivity contribution in [3.05, 3.63) is 0 Å². The van der Waals surface area contributed by atoms with E-state index in [1.807, 2.05) is 0 Å². The highest BCUT2D eigenvalue weighted by Gasteiger charge is 2.19. The second kappa shape index (κ2) is 18.0. The summed E-state index contributed by atoms with van der Waals surface area (Å²) >= 11 is 0. The zero-order valence-corrected chi connectivity index (χ0v) is 18.4. The SMILES string of the molecule is CCCCCCCCCCC[N+](C)(CCC[Si])CCCCCCC. The molecule has 0 aromatic heterocycles. The summed E-state index contributed by atoms with van der Waals surface area (Å²) in [6, 6.07) is 1.15. The fourth-order valence-corrected chi connectivity index (χ4v) is 3.86. The average molecular weight is 354 g/mol. The van der Waals surface area contributed by atoms with Crippen LogP contribution in [0.25, 0.3) is 0 Å². The zero-order valence-electron chi connectivity index (χ0n) is 17.4. The molecule has 1 nitrogen and oxygen atoms in total. The number of quaternary nitrogens is 1. The molecule has 0 aromatic rings. The lowest BCUT2D eigenvalue weighted by atomic mass is 10.1. The van der Waals surface area contributed by atoms with Gasteiger partial charge in [-0.2, -0.15) is 0 Å². The number of unbranched alkanes of at least 4 members (excludes halogenated alkanes) is 12. The maximum Gasteiger partial charge on any atom is 0.0784 e. The Morgan fingerprint density at radius 3 is 1.21 bits per heavy atom. The van der Waals surface area contributed by atoms with E-state index in [2.05, 4.69) is 31.1 Å². The lowest BCUT2D eigenvalue weighted by Gasteiger charge is -2.35. The van der Waals surface area contributed by atoms with Gasteiger partial charge < -0.3 is 4.48 Å². The molecule has 0 saturated carbocycles. The predicted octanol–water partition coefficient (Wildman–Crippen LogP) is 6.91. The summed E-state index contributed by atoms with van der Waals surface area (Å²) in [5.41, 5.74) is 0. The number of hydrogen-bond acceptors (Lipinski definition) is 0. The van der Waals surface area contributed by atoms with E-state index in [9.17, 15) is 0 Å². The van der Waals surface area contributed by atoms with Crippen molar-refractivity contribution in [3.8, 4) is 0 Å². The Bertz CT molecular complexity index is 244. The van der Waals surface area contributed by atoms with Gasteiger partial charge >= 0.3 is 0 Å². The van der Waals surface area contributed by atoms with Gasteiger partial charge in [0.25, 0.3) is 0 Å². The first kappa shape index (κ1) is 24.2. The van der Waals surface area contributed by atoms with Crippen LogP contribution in [0.4, 0.5) is 0 Å². The van der Waals surface area contributed by atoms with Gasteiger partial charge in [0.05, 0.1) is 26.7 Å². The Morgan fingerprint density at radius 1 is 0.500 bits per heavy atom. The van der Waals surface area contributed by atoms with Crippen molar-refractivity contribution >= 4 is 10.2 Å². The standard InChI is InChI=1S/C22H47NSi/c1-4-6-8-10-11-12-13-15-17-20-23(3,21-18-22-24)19-16-14-9-7-5-2/h4-22H2,1-3H3/q+1. The molecule has 3 radical (unpaired) electrons. The highest BCUT2D eigenvalue weighted by atomic mass is 28.1. The lowest BCUT2D eigenvalue weighted by molar-refractivity contribution is -0.910. The monoisotopic (exact) mass is 353 g/mol. The second-order valence-electron chi connectivity index (χ2n) is 8.14. The number of nitrogens with zero attached hydrogens (tertiary/aromatic N) is 1. The minimum absolute atomic E-state index is 1.15. The second-order valence-corrected chi connectivity index (χ2v) is 8.64. The van der Waals surface area contributed by atoms with Crippen LogP contribution in [0.1, 0.15) is 110 Å². The van der Waals surface area contributed by atoms with Crippen LogP contribution >= 0.6 is 0 Å². The van der Waals surface area contributed by atoms with Crippen LogP contribution in [0.5, 0.6) is 0 Å². The number of rotatable bonds is 19. The van der Waals surface area contributed by atoms with Gasteiger partial charge in [-0.15, -0.1) is 0 Å². The summed E-state index contributed by atoms with van der Waals surface area (Å²) in [4.78, 5) is 0. The number of hydrogen-bond donors (Lipinski definition) is 0. The Morgan fingerprint density at radius 2 is 0.833 bits per heavy atom. The Balaban J connectivity index is 3.76. The van der Waals surface area contributed by atoms with E-state index in [-0.39, 0.29) is 0 Å². The molecule has 0 aromatic carbocycles. The molecule has 0 rings (SSSR count). The fourth-order valence-electron chi connectivity index (χ4n) is 3.70. The Hall–Kier alpha value is 0.177. The lowest BCUT2D eigenvalue weighted by Crippen LogP contribution is -2.46. The van der Waals surface area contributed by atoms with Crippen LogP contribution in [-0.2, 0) is 0 Å². The molecule has 143 valence electrons. The third kappa shape index (κ3) is 15.7. The first-order chi connectivity index (χ1) is 11.7. The van der Waals surface area contributed by atoms with E-state index in [1.165, 1.54) is 120 Å². The molecule has 0 saturated heterocycles. The van der Waals surface area contributed by atoms with E-state index in [0.29, 0.717) is 0 Å². The van der Waals surface area contributed by atoms with E-state index >= 15 is 0 Å². The maximum atomic E-state index is 3.67. The van der Waals surface area contributed by atoms with E-state index < -0.39 is 0 Å². The summed E-state index contributed by atoms with van der Waals surface area (Å²) in [6.45, 7) is 8.76. The third-order valence-corrected chi connectivity index (χ3v) is 5.83. The first-order valence-electron chi connectivity index (χ1n) is 11.2. The van der Waals surface area contributed by atoms with Gasteiger partial charge in [0, 0.05) is 10.2 Å². The highest BCUT2D eigenvalue weighted by Crippen LogP contribution is 2.15. The van der Waals surface area contributed by atoms with Crippen LogP contribution in [0.3, 0.4) is 0 Å². The van der Waals surface area contributed by atoms with Gasteiger partial charge in [-0.05, 0) is 32.1 Å². The first-order valence-corrected chi connectivity index (χ1v) is 11.9. The van der Waals surface area contributed by atoms with Crippen LogP contribution in [0.2, 0.25) is 6.04 Å². The summed E-state index contributed by atoms with van der Waals surface area (Å²) < 4.78 is 1.31. The van der Waals surface area contributed by atoms with E-state index in [4.69, 9.17) is 0 Å². The molecule has 0 N–H and O–H groups in total. The van der Waals surface area contributed by atoms with Crippen LogP contribution in [0.15, 0.2) is 0 Å². The van der Waals surface area contributed by atoms with Crippen molar-refractivity contribution in [2.45, 2.75) is 116 Å². The normalized spacial score (nSPS) is 14.0.